The molecule has 0 unspecified atom stereocenters. The van der Waals surface area contributed by atoms with Crippen molar-refractivity contribution in [1.29, 1.82) is 0 Å². The fourth-order valence-electron chi connectivity index (χ4n) is 1.27. The topological polar surface area (TPSA) is 20.2 Å². The standard InChI is InChI=1S/C9H8OS2/c1-5-4-12-9-7(11)3-2-6(10)8(5)9/h2-4,10-11H,1H3. The zero-order valence-electron chi connectivity index (χ0n) is 6.53. The molecule has 0 atom stereocenters. The Hall–Kier alpha value is -0.670. The Kier molecular flexibility index (Phi) is 1.77. The van der Waals surface area contributed by atoms with E-state index in [1.54, 1.807) is 17.4 Å². The van der Waals surface area contributed by atoms with Crippen LogP contribution in [0.3, 0.4) is 0 Å². The van der Waals surface area contributed by atoms with Gasteiger partial charge in [-0.25, -0.2) is 0 Å². The first kappa shape index (κ1) is 7.95. The lowest BCUT2D eigenvalue weighted by Crippen LogP contribution is -1.71. The summed E-state index contributed by atoms with van der Waals surface area (Å²) in [6, 6.07) is 3.50. The van der Waals surface area contributed by atoms with E-state index in [-0.39, 0.29) is 0 Å². The molecule has 0 aliphatic heterocycles. The number of phenolic OH excluding ortho intramolecular Hbond substituents is 1. The third-order valence-corrected chi connectivity index (χ3v) is 3.52. The van der Waals surface area contributed by atoms with Crippen LogP contribution in [0, 0.1) is 6.92 Å². The van der Waals surface area contributed by atoms with Gasteiger partial charge in [0.25, 0.3) is 0 Å². The summed E-state index contributed by atoms with van der Waals surface area (Å²) in [6.45, 7) is 1.99. The van der Waals surface area contributed by atoms with Gasteiger partial charge in [0.1, 0.15) is 5.75 Å². The molecule has 0 aliphatic carbocycles. The lowest BCUT2D eigenvalue weighted by atomic mass is 10.2. The molecule has 0 fully saturated rings. The fraction of sp³-hybridized carbons (Fsp3) is 0.111. The number of hydrogen-bond donors (Lipinski definition) is 2. The molecule has 62 valence electrons. The molecule has 1 N–H and O–H groups in total. The van der Waals surface area contributed by atoms with Crippen molar-refractivity contribution >= 4 is 34.1 Å². The third kappa shape index (κ3) is 1.01. The van der Waals surface area contributed by atoms with Crippen molar-refractivity contribution in [2.75, 3.05) is 0 Å². The third-order valence-electron chi connectivity index (χ3n) is 1.86. The van der Waals surface area contributed by atoms with E-state index in [0.717, 1.165) is 20.5 Å². The Labute approximate surface area is 80.1 Å². The van der Waals surface area contributed by atoms with Crippen LogP contribution in [0.2, 0.25) is 0 Å². The lowest BCUT2D eigenvalue weighted by Gasteiger charge is -1.98. The van der Waals surface area contributed by atoms with Crippen molar-refractivity contribution in [3.63, 3.8) is 0 Å². The summed E-state index contributed by atoms with van der Waals surface area (Å²) < 4.78 is 1.07. The zero-order valence-corrected chi connectivity index (χ0v) is 8.25. The van der Waals surface area contributed by atoms with Gasteiger partial charge in [-0.2, -0.15) is 0 Å². The average Bonchev–Trinajstić information content (AvgIpc) is 2.42. The number of benzene rings is 1. The highest BCUT2D eigenvalue weighted by Crippen LogP contribution is 2.36. The van der Waals surface area contributed by atoms with E-state index in [4.69, 9.17) is 0 Å². The van der Waals surface area contributed by atoms with Gasteiger partial charge in [0.2, 0.25) is 0 Å². The number of fused-ring (bicyclic) bond motifs is 1. The SMILES string of the molecule is Cc1csc2c(S)ccc(O)c12. The molecule has 2 aromatic rings. The molecular weight excluding hydrogens is 188 g/mol. The first-order valence-corrected chi connectivity index (χ1v) is 4.91. The van der Waals surface area contributed by atoms with E-state index < -0.39 is 0 Å². The number of rotatable bonds is 0. The van der Waals surface area contributed by atoms with E-state index in [1.807, 2.05) is 18.4 Å². The van der Waals surface area contributed by atoms with E-state index >= 15 is 0 Å². The second-order valence-corrected chi connectivity index (χ2v) is 4.09. The molecule has 0 saturated carbocycles. The van der Waals surface area contributed by atoms with Crippen molar-refractivity contribution in [1.82, 2.24) is 0 Å². The monoisotopic (exact) mass is 196 g/mol. The van der Waals surface area contributed by atoms with Crippen LogP contribution in [0.15, 0.2) is 22.4 Å². The van der Waals surface area contributed by atoms with Crippen molar-refractivity contribution in [3.05, 3.63) is 23.1 Å². The largest absolute Gasteiger partial charge is 0.507 e. The lowest BCUT2D eigenvalue weighted by molar-refractivity contribution is 0.481. The quantitative estimate of drug-likeness (QED) is 0.620. The number of aryl methyl sites for hydroxylation is 1. The Morgan fingerprint density at radius 3 is 2.83 bits per heavy atom. The zero-order chi connectivity index (χ0) is 8.72. The molecule has 3 heteroatoms. The summed E-state index contributed by atoms with van der Waals surface area (Å²) in [6.07, 6.45) is 0. The summed E-state index contributed by atoms with van der Waals surface area (Å²) in [5.41, 5.74) is 1.11. The minimum atomic E-state index is 0.349. The van der Waals surface area contributed by atoms with Crippen molar-refractivity contribution < 1.29 is 5.11 Å². The van der Waals surface area contributed by atoms with Crippen molar-refractivity contribution in [2.24, 2.45) is 0 Å². The molecule has 0 radical (unpaired) electrons. The summed E-state index contributed by atoms with van der Waals surface area (Å²) in [7, 11) is 0. The number of phenols is 1. The molecule has 12 heavy (non-hydrogen) atoms. The molecule has 2 rings (SSSR count). The maximum atomic E-state index is 9.54. The summed E-state index contributed by atoms with van der Waals surface area (Å²) in [4.78, 5) is 0.931. The summed E-state index contributed by atoms with van der Waals surface area (Å²) in [5.74, 6) is 0.349. The Bertz CT molecular complexity index is 431. The van der Waals surface area contributed by atoms with Crippen molar-refractivity contribution in [3.8, 4) is 5.75 Å². The highest BCUT2D eigenvalue weighted by atomic mass is 32.1. The van der Waals surface area contributed by atoms with Crippen LogP contribution in [0.25, 0.3) is 10.1 Å². The van der Waals surface area contributed by atoms with Crippen LogP contribution in [0.4, 0.5) is 0 Å². The smallest absolute Gasteiger partial charge is 0.124 e. The van der Waals surface area contributed by atoms with Crippen LogP contribution in [-0.2, 0) is 0 Å². The summed E-state index contributed by atoms with van der Waals surface area (Å²) in [5, 5.41) is 12.5. The average molecular weight is 196 g/mol. The second-order valence-electron chi connectivity index (χ2n) is 2.73. The molecule has 1 heterocycles. The maximum Gasteiger partial charge on any atom is 0.124 e. The van der Waals surface area contributed by atoms with Crippen LogP contribution in [-0.4, -0.2) is 5.11 Å². The summed E-state index contributed by atoms with van der Waals surface area (Å²) >= 11 is 5.93. The van der Waals surface area contributed by atoms with Gasteiger partial charge in [0, 0.05) is 10.3 Å². The minimum absolute atomic E-state index is 0.349. The van der Waals surface area contributed by atoms with Crippen LogP contribution in [0.5, 0.6) is 5.75 Å². The molecule has 1 nitrogen and oxygen atoms in total. The van der Waals surface area contributed by atoms with E-state index in [1.165, 1.54) is 0 Å². The van der Waals surface area contributed by atoms with Gasteiger partial charge >= 0.3 is 0 Å². The highest BCUT2D eigenvalue weighted by molar-refractivity contribution is 7.80. The number of aromatic hydroxyl groups is 1. The molecule has 0 spiro atoms. The molecule has 1 aromatic heterocycles. The predicted octanol–water partition coefficient (Wildman–Crippen LogP) is 3.20. The molecule has 0 saturated heterocycles. The fourth-order valence-corrected chi connectivity index (χ4v) is 2.60. The van der Waals surface area contributed by atoms with Gasteiger partial charge in [0.15, 0.2) is 0 Å². The molecule has 0 bridgehead atoms. The number of hydrogen-bond acceptors (Lipinski definition) is 3. The van der Waals surface area contributed by atoms with Crippen LogP contribution >= 0.6 is 24.0 Å². The highest BCUT2D eigenvalue weighted by Gasteiger charge is 2.06. The molecule has 1 aromatic carbocycles. The molecule has 0 amide bonds. The van der Waals surface area contributed by atoms with Gasteiger partial charge in [0.05, 0.1) is 4.70 Å². The molecular formula is C9H8OS2. The second kappa shape index (κ2) is 2.68. The minimum Gasteiger partial charge on any atom is -0.507 e. The first-order valence-electron chi connectivity index (χ1n) is 3.59. The van der Waals surface area contributed by atoms with Gasteiger partial charge in [-0.1, -0.05) is 0 Å². The van der Waals surface area contributed by atoms with Gasteiger partial charge in [-0.05, 0) is 30.0 Å². The van der Waals surface area contributed by atoms with Gasteiger partial charge < -0.3 is 5.11 Å². The Morgan fingerprint density at radius 2 is 2.17 bits per heavy atom. The van der Waals surface area contributed by atoms with Gasteiger partial charge in [-0.3, -0.25) is 0 Å². The normalized spacial score (nSPS) is 10.8. The van der Waals surface area contributed by atoms with Gasteiger partial charge in [-0.15, -0.1) is 24.0 Å². The Morgan fingerprint density at radius 1 is 1.42 bits per heavy atom. The van der Waals surface area contributed by atoms with E-state index in [2.05, 4.69) is 12.6 Å². The number of thiol groups is 1. The molecule has 0 aliphatic rings. The van der Waals surface area contributed by atoms with E-state index in [9.17, 15) is 5.11 Å². The first-order chi connectivity index (χ1) is 5.70. The van der Waals surface area contributed by atoms with Crippen LogP contribution in [0.1, 0.15) is 5.56 Å². The van der Waals surface area contributed by atoms with Crippen molar-refractivity contribution in [2.45, 2.75) is 11.8 Å². The van der Waals surface area contributed by atoms with Crippen LogP contribution < -0.4 is 0 Å². The maximum absolute atomic E-state index is 9.54. The number of thiophene rings is 1. The Balaban J connectivity index is 2.98. The predicted molar refractivity (Wildman–Crippen MR) is 55.5 cm³/mol. The van der Waals surface area contributed by atoms with E-state index in [0.29, 0.717) is 5.75 Å².